The van der Waals surface area contributed by atoms with Crippen molar-refractivity contribution in [2.75, 3.05) is 0 Å². The van der Waals surface area contributed by atoms with Gasteiger partial charge in [0.1, 0.15) is 0 Å². The Morgan fingerprint density at radius 2 is 1.40 bits per heavy atom. The third kappa shape index (κ3) is 6.21. The minimum Gasteiger partial charge on any atom is -0.409 e. The predicted octanol–water partition coefficient (Wildman–Crippen LogP) is 3.90. The number of hydrogen-bond donors (Lipinski definition) is 0. The second-order valence-corrected chi connectivity index (χ2v) is 5.44. The maximum Gasteiger partial charge on any atom is 0.463 e. The van der Waals surface area contributed by atoms with Crippen molar-refractivity contribution in [3.05, 3.63) is 0 Å². The van der Waals surface area contributed by atoms with Crippen LogP contribution in [-0.2, 0) is 9.31 Å². The summed E-state index contributed by atoms with van der Waals surface area (Å²) in [4.78, 5) is 0. The van der Waals surface area contributed by atoms with E-state index in [0.717, 1.165) is 12.8 Å². The average molecular weight is 214 g/mol. The van der Waals surface area contributed by atoms with Crippen LogP contribution in [-0.4, -0.2) is 19.3 Å². The van der Waals surface area contributed by atoms with Gasteiger partial charge in [0.05, 0.1) is 0 Å². The molecule has 0 N–H and O–H groups in total. The van der Waals surface area contributed by atoms with E-state index in [1.807, 2.05) is 0 Å². The Kier molecular flexibility index (Phi) is 6.54. The molecular weight excluding hydrogens is 187 g/mol. The molecule has 0 aliphatic carbocycles. The molecule has 0 atom stereocenters. The Morgan fingerprint density at radius 3 is 1.67 bits per heavy atom. The zero-order chi connectivity index (χ0) is 12.1. The van der Waals surface area contributed by atoms with E-state index in [-0.39, 0.29) is 24.6 Å². The molecule has 0 aromatic heterocycles. The van der Waals surface area contributed by atoms with Crippen molar-refractivity contribution in [2.24, 2.45) is 0 Å². The summed E-state index contributed by atoms with van der Waals surface area (Å²) in [5.41, 5.74) is 0. The van der Waals surface area contributed by atoms with Gasteiger partial charge in [-0.3, -0.25) is 0 Å². The molecule has 0 heterocycles. The Bertz CT molecular complexity index is 157. The lowest BCUT2D eigenvalue weighted by molar-refractivity contribution is 0.111. The molecule has 0 rings (SSSR count). The smallest absolute Gasteiger partial charge is 0.409 e. The highest BCUT2D eigenvalue weighted by Crippen LogP contribution is 2.36. The third-order valence-electron chi connectivity index (χ3n) is 2.32. The first-order valence-corrected chi connectivity index (χ1v) is 6.10. The van der Waals surface area contributed by atoms with Crippen LogP contribution in [0.25, 0.3) is 0 Å². The van der Waals surface area contributed by atoms with E-state index in [2.05, 4.69) is 48.5 Å². The van der Waals surface area contributed by atoms with E-state index in [9.17, 15) is 0 Å². The summed E-state index contributed by atoms with van der Waals surface area (Å²) in [6.07, 6.45) is 2.71. The second kappa shape index (κ2) is 6.54. The highest BCUT2D eigenvalue weighted by molar-refractivity contribution is 6.48. The molecule has 0 spiro atoms. The van der Waals surface area contributed by atoms with Gasteiger partial charge in [0, 0.05) is 12.2 Å². The van der Waals surface area contributed by atoms with Crippen LogP contribution < -0.4 is 0 Å². The lowest BCUT2D eigenvalue weighted by atomic mass is 9.57. The normalized spacial score (nSPS) is 12.6. The van der Waals surface area contributed by atoms with Crippen LogP contribution in [0.5, 0.6) is 0 Å². The largest absolute Gasteiger partial charge is 0.463 e. The Hall–Kier alpha value is -0.0151. The second-order valence-electron chi connectivity index (χ2n) is 5.44. The molecule has 90 valence electrons. The summed E-state index contributed by atoms with van der Waals surface area (Å²) in [6, 6.07) is 0. The van der Waals surface area contributed by atoms with E-state index in [4.69, 9.17) is 9.31 Å². The van der Waals surface area contributed by atoms with E-state index in [1.54, 1.807) is 0 Å². The van der Waals surface area contributed by atoms with Crippen molar-refractivity contribution in [2.45, 2.75) is 78.8 Å². The molecule has 0 saturated heterocycles. The molecule has 0 aromatic rings. The van der Waals surface area contributed by atoms with Crippen LogP contribution in [0.1, 0.15) is 61.3 Å². The maximum absolute atomic E-state index is 5.86. The van der Waals surface area contributed by atoms with E-state index in [1.165, 1.54) is 0 Å². The molecule has 2 nitrogen and oxygen atoms in total. The highest BCUT2D eigenvalue weighted by Gasteiger charge is 2.38. The van der Waals surface area contributed by atoms with Crippen LogP contribution in [0.3, 0.4) is 0 Å². The fraction of sp³-hybridized carbons (Fsp3) is 1.00. The molecule has 0 fully saturated rings. The van der Waals surface area contributed by atoms with E-state index >= 15 is 0 Å². The summed E-state index contributed by atoms with van der Waals surface area (Å²) >= 11 is 0. The van der Waals surface area contributed by atoms with Gasteiger partial charge in [-0.25, -0.2) is 0 Å². The lowest BCUT2D eigenvalue weighted by Gasteiger charge is -2.32. The summed E-state index contributed by atoms with van der Waals surface area (Å²) in [6.45, 7) is 14.8. The molecule has 3 heteroatoms. The van der Waals surface area contributed by atoms with Crippen LogP contribution >= 0.6 is 0 Å². The number of hydrogen-bond acceptors (Lipinski definition) is 2. The zero-order valence-corrected chi connectivity index (χ0v) is 11.5. The summed E-state index contributed by atoms with van der Waals surface area (Å²) in [5.74, 6) is 0. The van der Waals surface area contributed by atoms with Gasteiger partial charge in [0.2, 0.25) is 0 Å². The molecular formula is C12H27BO2. The van der Waals surface area contributed by atoms with Gasteiger partial charge in [-0.05, 0) is 39.4 Å². The lowest BCUT2D eigenvalue weighted by Crippen LogP contribution is -2.38. The zero-order valence-electron chi connectivity index (χ0n) is 11.5. The molecule has 0 bridgehead atoms. The van der Waals surface area contributed by atoms with Gasteiger partial charge in [-0.1, -0.05) is 27.2 Å². The quantitative estimate of drug-likeness (QED) is 0.598. The first-order valence-electron chi connectivity index (χ1n) is 6.10. The van der Waals surface area contributed by atoms with Crippen LogP contribution in [0, 0.1) is 0 Å². The number of rotatable bonds is 7. The minimum absolute atomic E-state index is 0.0866. The molecule has 0 aliphatic rings. The average Bonchev–Trinajstić information content (AvgIpc) is 2.00. The van der Waals surface area contributed by atoms with Crippen molar-refractivity contribution >= 4 is 7.12 Å². The molecule has 0 saturated carbocycles. The van der Waals surface area contributed by atoms with Crippen LogP contribution in [0.15, 0.2) is 0 Å². The molecule has 0 unspecified atom stereocenters. The summed E-state index contributed by atoms with van der Waals surface area (Å²) in [5, 5.41) is 0.0866. The van der Waals surface area contributed by atoms with Crippen molar-refractivity contribution < 1.29 is 9.31 Å². The standard InChI is InChI=1S/C12H27BO2/c1-8-9-12(6,7)13(14-10(2)3)15-11(4)5/h10-11H,8-9H2,1-7H3. The molecule has 15 heavy (non-hydrogen) atoms. The predicted molar refractivity (Wildman–Crippen MR) is 67.1 cm³/mol. The van der Waals surface area contributed by atoms with E-state index < -0.39 is 0 Å². The van der Waals surface area contributed by atoms with Gasteiger partial charge in [-0.2, -0.15) is 0 Å². The molecule has 0 aliphatic heterocycles. The Morgan fingerprint density at radius 1 is 1.00 bits per heavy atom. The van der Waals surface area contributed by atoms with Gasteiger partial charge >= 0.3 is 7.12 Å². The van der Waals surface area contributed by atoms with Crippen molar-refractivity contribution in [3.63, 3.8) is 0 Å². The van der Waals surface area contributed by atoms with Crippen LogP contribution in [0.4, 0.5) is 0 Å². The van der Waals surface area contributed by atoms with Crippen molar-refractivity contribution in [1.82, 2.24) is 0 Å². The van der Waals surface area contributed by atoms with Gasteiger partial charge in [0.15, 0.2) is 0 Å². The monoisotopic (exact) mass is 214 g/mol. The highest BCUT2D eigenvalue weighted by atomic mass is 16.6. The SMILES string of the molecule is CCCC(C)(C)B(OC(C)C)OC(C)C. The summed E-state index contributed by atoms with van der Waals surface area (Å²) in [7, 11) is -0.0996. The topological polar surface area (TPSA) is 18.5 Å². The third-order valence-corrected chi connectivity index (χ3v) is 2.32. The van der Waals surface area contributed by atoms with Crippen LogP contribution in [0.2, 0.25) is 5.31 Å². The van der Waals surface area contributed by atoms with Gasteiger partial charge in [0.25, 0.3) is 0 Å². The molecule has 0 radical (unpaired) electrons. The minimum atomic E-state index is -0.0996. The Labute approximate surface area is 95.9 Å². The first kappa shape index (κ1) is 15.0. The first-order chi connectivity index (χ1) is 6.79. The Balaban J connectivity index is 4.45. The van der Waals surface area contributed by atoms with E-state index in [0.29, 0.717) is 0 Å². The molecule has 0 aromatic carbocycles. The van der Waals surface area contributed by atoms with Gasteiger partial charge < -0.3 is 9.31 Å². The van der Waals surface area contributed by atoms with Crippen molar-refractivity contribution in [1.29, 1.82) is 0 Å². The summed E-state index contributed by atoms with van der Waals surface area (Å²) < 4.78 is 11.7. The molecule has 0 amide bonds. The maximum atomic E-state index is 5.86. The van der Waals surface area contributed by atoms with Gasteiger partial charge in [-0.15, -0.1) is 0 Å². The fourth-order valence-corrected chi connectivity index (χ4v) is 1.66. The fourth-order valence-electron chi connectivity index (χ4n) is 1.66. The van der Waals surface area contributed by atoms with Crippen molar-refractivity contribution in [3.8, 4) is 0 Å².